The zero-order valence-electron chi connectivity index (χ0n) is 10.8. The van der Waals surface area contributed by atoms with Crippen LogP contribution in [0.4, 0.5) is 5.69 Å². The van der Waals surface area contributed by atoms with Gasteiger partial charge in [-0.05, 0) is 24.6 Å². The molecule has 1 aromatic rings. The van der Waals surface area contributed by atoms with Gasteiger partial charge < -0.3 is 5.73 Å². The molecule has 0 saturated carbocycles. The van der Waals surface area contributed by atoms with Crippen LogP contribution in [0.1, 0.15) is 6.42 Å². The molecule has 10 heteroatoms. The smallest absolute Gasteiger partial charge is 0.242 e. The Morgan fingerprint density at radius 1 is 1.15 bits per heavy atom. The van der Waals surface area contributed by atoms with Gasteiger partial charge in [-0.2, -0.15) is 0 Å². The van der Waals surface area contributed by atoms with Crippen LogP contribution in [0.25, 0.3) is 0 Å². The van der Waals surface area contributed by atoms with Crippen LogP contribution in [0.3, 0.4) is 0 Å². The Morgan fingerprint density at radius 3 is 2.30 bits per heavy atom. The van der Waals surface area contributed by atoms with Crippen LogP contribution in [0, 0.1) is 0 Å². The lowest BCUT2D eigenvalue weighted by Gasteiger charge is -2.09. The maximum Gasteiger partial charge on any atom is 0.242 e. The highest BCUT2D eigenvalue weighted by atomic mass is 35.5. The van der Waals surface area contributed by atoms with Gasteiger partial charge in [0, 0.05) is 18.1 Å². The molecule has 114 valence electrons. The fraction of sp³-hybridized carbons (Fsp3) is 0.400. The van der Waals surface area contributed by atoms with Crippen LogP contribution >= 0.6 is 11.6 Å². The van der Waals surface area contributed by atoms with Crippen molar-refractivity contribution in [3.63, 3.8) is 0 Å². The summed E-state index contributed by atoms with van der Waals surface area (Å²) in [6.07, 6.45) is 1.35. The number of halogens is 1. The van der Waals surface area contributed by atoms with Crippen LogP contribution in [0.15, 0.2) is 23.1 Å². The highest BCUT2D eigenvalue weighted by Gasteiger charge is 2.16. The second kappa shape index (κ2) is 6.72. The van der Waals surface area contributed by atoms with E-state index in [0.29, 0.717) is 11.4 Å². The third kappa shape index (κ3) is 5.63. The van der Waals surface area contributed by atoms with Crippen molar-refractivity contribution in [2.24, 2.45) is 0 Å². The van der Waals surface area contributed by atoms with E-state index in [-0.39, 0.29) is 23.7 Å². The van der Waals surface area contributed by atoms with Gasteiger partial charge in [-0.3, -0.25) is 0 Å². The van der Waals surface area contributed by atoms with Crippen molar-refractivity contribution in [1.29, 1.82) is 0 Å². The predicted molar refractivity (Wildman–Crippen MR) is 78.5 cm³/mol. The van der Waals surface area contributed by atoms with Gasteiger partial charge in [-0.15, -0.1) is 0 Å². The molecule has 4 N–H and O–H groups in total. The first-order valence-corrected chi connectivity index (χ1v) is 9.36. The summed E-state index contributed by atoms with van der Waals surface area (Å²) in [5.74, 6) is 0. The fourth-order valence-electron chi connectivity index (χ4n) is 1.39. The number of sulfonamides is 2. The molecule has 1 rings (SSSR count). The van der Waals surface area contributed by atoms with Crippen molar-refractivity contribution < 1.29 is 16.8 Å². The summed E-state index contributed by atoms with van der Waals surface area (Å²) in [4.78, 5) is -0.0574. The van der Waals surface area contributed by atoms with Crippen molar-refractivity contribution in [2.75, 3.05) is 25.1 Å². The molecule has 0 atom stereocenters. The highest BCUT2D eigenvalue weighted by Crippen LogP contribution is 2.22. The van der Waals surface area contributed by atoms with E-state index >= 15 is 0 Å². The number of nitrogens with two attached hydrogens (primary N) is 1. The summed E-state index contributed by atoms with van der Waals surface area (Å²) in [5.41, 5.74) is 5.65. The SMILES string of the molecule is CS(=O)(=O)NCCCNS(=O)(=O)c1ccc(Cl)cc1N. The lowest BCUT2D eigenvalue weighted by atomic mass is 10.3. The number of rotatable bonds is 7. The van der Waals surface area contributed by atoms with Gasteiger partial charge >= 0.3 is 0 Å². The molecule has 0 unspecified atom stereocenters. The van der Waals surface area contributed by atoms with Gasteiger partial charge in [0.05, 0.1) is 11.9 Å². The molecule has 0 spiro atoms. The largest absolute Gasteiger partial charge is 0.398 e. The third-order valence-electron chi connectivity index (χ3n) is 2.27. The maximum absolute atomic E-state index is 12.0. The fourth-order valence-corrected chi connectivity index (χ4v) is 3.27. The van der Waals surface area contributed by atoms with Crippen molar-refractivity contribution >= 4 is 37.3 Å². The van der Waals surface area contributed by atoms with Gasteiger partial charge in [0.15, 0.2) is 0 Å². The first kappa shape index (κ1) is 17.2. The van der Waals surface area contributed by atoms with E-state index in [1.165, 1.54) is 18.2 Å². The monoisotopic (exact) mass is 341 g/mol. The molecule has 0 radical (unpaired) electrons. The first-order chi connectivity index (χ1) is 9.12. The summed E-state index contributed by atoms with van der Waals surface area (Å²) < 4.78 is 50.1. The van der Waals surface area contributed by atoms with E-state index in [0.717, 1.165) is 6.26 Å². The van der Waals surface area contributed by atoms with Gasteiger partial charge in [-0.1, -0.05) is 11.6 Å². The van der Waals surface area contributed by atoms with Crippen LogP contribution in [-0.2, 0) is 20.0 Å². The Hall–Kier alpha value is -0.870. The number of hydrogen-bond donors (Lipinski definition) is 3. The van der Waals surface area contributed by atoms with Crippen LogP contribution in [0.5, 0.6) is 0 Å². The van der Waals surface area contributed by atoms with Gasteiger partial charge in [0.25, 0.3) is 0 Å². The number of nitrogen functional groups attached to an aromatic ring is 1. The molecule has 0 aliphatic carbocycles. The molecule has 20 heavy (non-hydrogen) atoms. The normalized spacial score (nSPS) is 12.5. The Kier molecular flexibility index (Phi) is 5.78. The van der Waals surface area contributed by atoms with E-state index < -0.39 is 20.0 Å². The minimum Gasteiger partial charge on any atom is -0.398 e. The lowest BCUT2D eigenvalue weighted by Crippen LogP contribution is -2.29. The molecule has 0 saturated heterocycles. The second-order valence-electron chi connectivity index (χ2n) is 4.10. The van der Waals surface area contributed by atoms with E-state index in [2.05, 4.69) is 9.44 Å². The predicted octanol–water partition coefficient (Wildman–Crippen LogP) is 0.140. The Labute approximate surface area is 123 Å². The van der Waals surface area contributed by atoms with E-state index in [4.69, 9.17) is 17.3 Å². The minimum absolute atomic E-state index is 0.0549. The Bertz CT molecular complexity index is 674. The summed E-state index contributed by atoms with van der Waals surface area (Å²) in [5, 5.41) is 0.346. The molecule has 0 amide bonds. The van der Waals surface area contributed by atoms with Gasteiger partial charge in [0.1, 0.15) is 4.90 Å². The summed E-state index contributed by atoms with van der Waals surface area (Å²) in [7, 11) is -7.00. The third-order valence-corrected chi connectivity index (χ3v) is 4.77. The van der Waals surface area contributed by atoms with Crippen LogP contribution in [0.2, 0.25) is 5.02 Å². The standard InChI is InChI=1S/C10H16ClN3O4S2/c1-19(15,16)13-5-2-6-14-20(17,18)10-4-3-8(11)7-9(10)12/h3-4,7,13-14H,2,5-6,12H2,1H3. The van der Waals surface area contributed by atoms with Crippen molar-refractivity contribution in [3.8, 4) is 0 Å². The number of anilines is 1. The maximum atomic E-state index is 12.0. The average molecular weight is 342 g/mol. The van der Waals surface area contributed by atoms with Crippen molar-refractivity contribution in [3.05, 3.63) is 23.2 Å². The number of hydrogen-bond acceptors (Lipinski definition) is 5. The van der Waals surface area contributed by atoms with E-state index in [1.54, 1.807) is 0 Å². The molecular weight excluding hydrogens is 326 g/mol. The molecule has 0 heterocycles. The molecule has 0 aliphatic heterocycles. The van der Waals surface area contributed by atoms with Gasteiger partial charge in [0.2, 0.25) is 20.0 Å². The molecule has 1 aromatic carbocycles. The quantitative estimate of drug-likeness (QED) is 0.481. The second-order valence-corrected chi connectivity index (χ2v) is 8.10. The van der Waals surface area contributed by atoms with Crippen LogP contribution in [-0.4, -0.2) is 36.2 Å². The van der Waals surface area contributed by atoms with Crippen molar-refractivity contribution in [2.45, 2.75) is 11.3 Å². The zero-order chi connectivity index (χ0) is 15.4. The molecule has 0 aliphatic rings. The molecule has 0 bridgehead atoms. The summed E-state index contributed by atoms with van der Waals surface area (Å²) >= 11 is 5.69. The Morgan fingerprint density at radius 2 is 1.75 bits per heavy atom. The summed E-state index contributed by atoms with van der Waals surface area (Å²) in [6.45, 7) is 0.240. The Balaban J connectivity index is 2.58. The topological polar surface area (TPSA) is 118 Å². The molecule has 7 nitrogen and oxygen atoms in total. The first-order valence-electron chi connectivity index (χ1n) is 5.61. The molecular formula is C10H16ClN3O4S2. The zero-order valence-corrected chi connectivity index (χ0v) is 13.1. The lowest BCUT2D eigenvalue weighted by molar-refractivity contribution is 0.575. The molecule has 0 fully saturated rings. The number of benzene rings is 1. The van der Waals surface area contributed by atoms with Crippen molar-refractivity contribution in [1.82, 2.24) is 9.44 Å². The highest BCUT2D eigenvalue weighted by molar-refractivity contribution is 7.89. The molecule has 0 aromatic heterocycles. The summed E-state index contributed by atoms with van der Waals surface area (Å²) in [6, 6.07) is 4.09. The minimum atomic E-state index is -3.73. The van der Waals surface area contributed by atoms with E-state index in [1.807, 2.05) is 0 Å². The van der Waals surface area contributed by atoms with Crippen LogP contribution < -0.4 is 15.2 Å². The van der Waals surface area contributed by atoms with E-state index in [9.17, 15) is 16.8 Å². The van der Waals surface area contributed by atoms with Gasteiger partial charge in [-0.25, -0.2) is 26.3 Å². The number of nitrogens with one attached hydrogen (secondary N) is 2. The average Bonchev–Trinajstić information content (AvgIpc) is 2.26.